The predicted molar refractivity (Wildman–Crippen MR) is 74.8 cm³/mol. The van der Waals surface area contributed by atoms with Crippen LogP contribution in [-0.2, 0) is 0 Å². The number of amides is 1. The first-order valence-corrected chi connectivity index (χ1v) is 6.79. The molecule has 0 saturated carbocycles. The van der Waals surface area contributed by atoms with Crippen molar-refractivity contribution in [2.75, 3.05) is 11.8 Å². The molecule has 0 atom stereocenters. The Kier molecular flexibility index (Phi) is 5.29. The number of rotatable bonds is 5. The summed E-state index contributed by atoms with van der Waals surface area (Å²) in [5.41, 5.74) is 0.251. The van der Waals surface area contributed by atoms with Gasteiger partial charge in [0.2, 0.25) is 0 Å². The fourth-order valence-corrected chi connectivity index (χ4v) is 2.33. The summed E-state index contributed by atoms with van der Waals surface area (Å²) in [6.45, 7) is 3.64. The van der Waals surface area contributed by atoms with Crippen LogP contribution in [0.5, 0.6) is 5.75 Å². The molecule has 0 unspecified atom stereocenters. The van der Waals surface area contributed by atoms with Gasteiger partial charge in [0.05, 0.1) is 11.1 Å². The zero-order chi connectivity index (χ0) is 13.8. The Morgan fingerprint density at radius 3 is 2.50 bits per heavy atom. The number of nitrogens with one attached hydrogen (secondary N) is 1. The van der Waals surface area contributed by atoms with Crippen molar-refractivity contribution >= 4 is 29.1 Å². The van der Waals surface area contributed by atoms with Crippen LogP contribution in [0.3, 0.4) is 0 Å². The normalized spacial score (nSPS) is 11.3. The highest BCUT2D eigenvalue weighted by atomic mass is 35.5. The molecule has 0 bridgehead atoms. The first-order valence-electron chi connectivity index (χ1n) is 5.72. The largest absolute Gasteiger partial charge is 0.507 e. The van der Waals surface area contributed by atoms with E-state index in [1.165, 1.54) is 0 Å². The minimum absolute atomic E-state index is 0.0100. The zero-order valence-electron chi connectivity index (χ0n) is 10.5. The second-order valence-corrected chi connectivity index (χ2v) is 4.86. The van der Waals surface area contributed by atoms with Gasteiger partial charge in [-0.2, -0.15) is 0 Å². The van der Waals surface area contributed by atoms with E-state index in [9.17, 15) is 9.90 Å². The lowest BCUT2D eigenvalue weighted by Crippen LogP contribution is -2.51. The molecule has 0 aliphatic rings. The Morgan fingerprint density at radius 2 is 2.00 bits per heavy atom. The molecular formula is C13H17Cl2NO2. The Hall–Kier alpha value is -0.930. The van der Waals surface area contributed by atoms with Crippen LogP contribution < -0.4 is 5.32 Å². The average Bonchev–Trinajstić information content (AvgIpc) is 2.39. The number of benzene rings is 1. The fourth-order valence-electron chi connectivity index (χ4n) is 1.53. The summed E-state index contributed by atoms with van der Waals surface area (Å²) in [5, 5.41) is 12.7. The van der Waals surface area contributed by atoms with Crippen LogP contribution >= 0.6 is 23.2 Å². The number of carbonyl (C=O) groups excluding carboxylic acids is 1. The smallest absolute Gasteiger partial charge is 0.255 e. The first-order chi connectivity index (χ1) is 8.49. The molecule has 18 heavy (non-hydrogen) atoms. The number of carbonyl (C=O) groups is 1. The summed E-state index contributed by atoms with van der Waals surface area (Å²) >= 11 is 11.7. The van der Waals surface area contributed by atoms with E-state index in [1.54, 1.807) is 25.1 Å². The second kappa shape index (κ2) is 6.30. The average molecular weight is 290 g/mol. The maximum Gasteiger partial charge on any atom is 0.255 e. The van der Waals surface area contributed by atoms with E-state index in [0.29, 0.717) is 12.0 Å². The van der Waals surface area contributed by atoms with Crippen molar-refractivity contribution in [2.45, 2.75) is 25.8 Å². The lowest BCUT2D eigenvalue weighted by Gasteiger charge is -2.29. The van der Waals surface area contributed by atoms with Crippen LogP contribution in [0.4, 0.5) is 0 Å². The molecule has 100 valence electrons. The van der Waals surface area contributed by atoms with Gasteiger partial charge >= 0.3 is 0 Å². The van der Waals surface area contributed by atoms with E-state index in [0.717, 1.165) is 0 Å². The van der Waals surface area contributed by atoms with Gasteiger partial charge in [-0.3, -0.25) is 4.79 Å². The molecule has 3 nitrogen and oxygen atoms in total. The molecule has 1 amide bonds. The van der Waals surface area contributed by atoms with Gasteiger partial charge < -0.3 is 10.4 Å². The van der Waals surface area contributed by atoms with Crippen molar-refractivity contribution in [3.8, 4) is 5.75 Å². The second-order valence-electron chi connectivity index (χ2n) is 4.33. The van der Waals surface area contributed by atoms with Crippen molar-refractivity contribution < 1.29 is 9.90 Å². The number of phenols is 1. The molecule has 5 heteroatoms. The van der Waals surface area contributed by atoms with E-state index in [1.807, 2.05) is 6.92 Å². The van der Waals surface area contributed by atoms with Gasteiger partial charge in [0.15, 0.2) is 0 Å². The summed E-state index contributed by atoms with van der Waals surface area (Å²) < 4.78 is 0. The van der Waals surface area contributed by atoms with Crippen molar-refractivity contribution in [3.05, 3.63) is 29.3 Å². The van der Waals surface area contributed by atoms with Gasteiger partial charge in [0.25, 0.3) is 5.91 Å². The van der Waals surface area contributed by atoms with Crippen molar-refractivity contribution in [2.24, 2.45) is 0 Å². The van der Waals surface area contributed by atoms with Crippen LogP contribution in [0.15, 0.2) is 18.2 Å². The summed E-state index contributed by atoms with van der Waals surface area (Å²) in [4.78, 5) is 12.1. The van der Waals surface area contributed by atoms with E-state index in [2.05, 4.69) is 5.32 Å². The molecule has 0 aliphatic heterocycles. The van der Waals surface area contributed by atoms with Gasteiger partial charge in [0.1, 0.15) is 5.75 Å². The van der Waals surface area contributed by atoms with Crippen molar-refractivity contribution in [3.63, 3.8) is 0 Å². The number of phenolic OH excluding ortho intramolecular Hbond substituents is 1. The van der Waals surface area contributed by atoms with Crippen molar-refractivity contribution in [1.82, 2.24) is 5.32 Å². The SMILES string of the molecule is CCC(CCl)(CCl)NC(=O)c1cccc(C)c1O. The number of halogens is 2. The Balaban J connectivity index is 2.98. The van der Waals surface area contributed by atoms with Crippen LogP contribution in [-0.4, -0.2) is 28.3 Å². The number of alkyl halides is 2. The molecule has 1 aromatic rings. The summed E-state index contributed by atoms with van der Waals surface area (Å²) in [6.07, 6.45) is 0.623. The standard InChI is InChI=1S/C13H17Cl2NO2/c1-3-13(7-14,8-15)16-12(18)10-6-4-5-9(2)11(10)17/h4-6,17H,3,7-8H2,1-2H3,(H,16,18). The van der Waals surface area contributed by atoms with E-state index >= 15 is 0 Å². The van der Waals surface area contributed by atoms with Gasteiger partial charge in [0, 0.05) is 11.8 Å². The van der Waals surface area contributed by atoms with Gasteiger partial charge in [-0.05, 0) is 25.0 Å². The third kappa shape index (κ3) is 3.09. The van der Waals surface area contributed by atoms with Gasteiger partial charge in [-0.25, -0.2) is 0 Å². The number of aromatic hydroxyl groups is 1. The molecular weight excluding hydrogens is 273 g/mol. The fraction of sp³-hybridized carbons (Fsp3) is 0.462. The van der Waals surface area contributed by atoms with Crippen molar-refractivity contribution in [1.29, 1.82) is 0 Å². The van der Waals surface area contributed by atoms with Crippen LogP contribution in [0.25, 0.3) is 0 Å². The predicted octanol–water partition coefficient (Wildman–Crippen LogP) is 3.06. The maximum absolute atomic E-state index is 12.1. The number of hydrogen-bond acceptors (Lipinski definition) is 2. The van der Waals surface area contributed by atoms with Crippen LogP contribution in [0.1, 0.15) is 29.3 Å². The highest BCUT2D eigenvalue weighted by Gasteiger charge is 2.29. The molecule has 0 spiro atoms. The van der Waals surface area contributed by atoms with Gasteiger partial charge in [-0.15, -0.1) is 23.2 Å². The van der Waals surface area contributed by atoms with Crippen LogP contribution in [0, 0.1) is 6.92 Å². The molecule has 0 heterocycles. The Morgan fingerprint density at radius 1 is 1.39 bits per heavy atom. The molecule has 1 rings (SSSR count). The quantitative estimate of drug-likeness (QED) is 0.819. The topological polar surface area (TPSA) is 49.3 Å². The maximum atomic E-state index is 12.1. The van der Waals surface area contributed by atoms with E-state index in [4.69, 9.17) is 23.2 Å². The van der Waals surface area contributed by atoms with Crippen LogP contribution in [0.2, 0.25) is 0 Å². The molecule has 0 aliphatic carbocycles. The highest BCUT2D eigenvalue weighted by molar-refractivity contribution is 6.22. The first kappa shape index (κ1) is 15.1. The number of aryl methyl sites for hydroxylation is 1. The minimum atomic E-state index is -0.642. The molecule has 0 radical (unpaired) electrons. The molecule has 0 aromatic heterocycles. The minimum Gasteiger partial charge on any atom is -0.507 e. The third-order valence-corrected chi connectivity index (χ3v) is 4.07. The third-order valence-electron chi connectivity index (χ3n) is 3.05. The van der Waals surface area contributed by atoms with E-state index in [-0.39, 0.29) is 29.0 Å². The lowest BCUT2D eigenvalue weighted by atomic mass is 10.00. The Labute approximate surface area is 117 Å². The number of para-hydroxylation sites is 1. The molecule has 0 saturated heterocycles. The lowest BCUT2D eigenvalue weighted by molar-refractivity contribution is 0.0910. The Bertz CT molecular complexity index is 423. The van der Waals surface area contributed by atoms with Gasteiger partial charge in [-0.1, -0.05) is 19.1 Å². The monoisotopic (exact) mass is 289 g/mol. The summed E-state index contributed by atoms with van der Waals surface area (Å²) in [6, 6.07) is 5.03. The highest BCUT2D eigenvalue weighted by Crippen LogP contribution is 2.23. The molecule has 0 fully saturated rings. The summed E-state index contributed by atoms with van der Waals surface area (Å²) in [7, 11) is 0. The molecule has 1 aromatic carbocycles. The number of hydrogen-bond donors (Lipinski definition) is 2. The zero-order valence-corrected chi connectivity index (χ0v) is 12.0. The molecule has 2 N–H and O–H groups in total. The summed E-state index contributed by atoms with van der Waals surface area (Å²) in [5.74, 6) is 0.0832. The van der Waals surface area contributed by atoms with E-state index < -0.39 is 5.54 Å².